The van der Waals surface area contributed by atoms with Gasteiger partial charge in [0.05, 0.1) is 5.56 Å². The van der Waals surface area contributed by atoms with E-state index < -0.39 is 36.5 Å². The SMILES string of the molecule is CNC(=O)NC(=O)[C@H](C)OC(=O)CNC(=O)c1ccccc1Br. The quantitative estimate of drug-likeness (QED) is 0.641. The van der Waals surface area contributed by atoms with Gasteiger partial charge in [0.2, 0.25) is 0 Å². The highest BCUT2D eigenvalue weighted by molar-refractivity contribution is 9.10. The number of rotatable bonds is 5. The third-order valence-electron chi connectivity index (χ3n) is 2.65. The molecule has 1 aromatic carbocycles. The highest BCUT2D eigenvalue weighted by Crippen LogP contribution is 2.15. The van der Waals surface area contributed by atoms with Crippen molar-refractivity contribution in [3.63, 3.8) is 0 Å². The van der Waals surface area contributed by atoms with Crippen molar-refractivity contribution in [1.82, 2.24) is 16.0 Å². The lowest BCUT2D eigenvalue weighted by Gasteiger charge is -2.13. The van der Waals surface area contributed by atoms with E-state index >= 15 is 0 Å². The number of imide groups is 1. The molecule has 9 heteroatoms. The lowest BCUT2D eigenvalue weighted by molar-refractivity contribution is -0.153. The van der Waals surface area contributed by atoms with E-state index in [1.54, 1.807) is 24.3 Å². The summed E-state index contributed by atoms with van der Waals surface area (Å²) in [7, 11) is 1.34. The van der Waals surface area contributed by atoms with Gasteiger partial charge in [0, 0.05) is 11.5 Å². The molecule has 0 bridgehead atoms. The Bertz CT molecular complexity index is 620. The molecule has 4 amide bonds. The third kappa shape index (κ3) is 6.07. The molecule has 1 aromatic rings. The van der Waals surface area contributed by atoms with Gasteiger partial charge < -0.3 is 15.4 Å². The van der Waals surface area contributed by atoms with Gasteiger partial charge in [-0.3, -0.25) is 19.7 Å². The number of halogens is 1. The third-order valence-corrected chi connectivity index (χ3v) is 3.34. The van der Waals surface area contributed by atoms with E-state index in [9.17, 15) is 19.2 Å². The van der Waals surface area contributed by atoms with Gasteiger partial charge in [0.15, 0.2) is 6.10 Å². The minimum atomic E-state index is -1.17. The van der Waals surface area contributed by atoms with Crippen LogP contribution in [0, 0.1) is 0 Å². The molecule has 0 heterocycles. The van der Waals surface area contributed by atoms with Crippen LogP contribution >= 0.6 is 15.9 Å². The maximum Gasteiger partial charge on any atom is 0.326 e. The second-order valence-electron chi connectivity index (χ2n) is 4.36. The summed E-state index contributed by atoms with van der Waals surface area (Å²) in [5.41, 5.74) is 0.366. The number of amides is 4. The van der Waals surface area contributed by atoms with E-state index in [0.717, 1.165) is 0 Å². The molecule has 0 aliphatic heterocycles. The minimum absolute atomic E-state index is 0.366. The van der Waals surface area contributed by atoms with Crippen molar-refractivity contribution in [1.29, 1.82) is 0 Å². The van der Waals surface area contributed by atoms with Crippen molar-refractivity contribution >= 4 is 39.7 Å². The van der Waals surface area contributed by atoms with Crippen molar-refractivity contribution in [3.8, 4) is 0 Å². The number of benzene rings is 1. The normalized spacial score (nSPS) is 11.1. The zero-order valence-electron chi connectivity index (χ0n) is 12.5. The van der Waals surface area contributed by atoms with Crippen molar-refractivity contribution in [2.45, 2.75) is 13.0 Å². The molecule has 0 aromatic heterocycles. The monoisotopic (exact) mass is 385 g/mol. The number of ether oxygens (including phenoxy) is 1. The lowest BCUT2D eigenvalue weighted by Crippen LogP contribution is -2.44. The van der Waals surface area contributed by atoms with E-state index in [1.165, 1.54) is 14.0 Å². The Hall–Kier alpha value is -2.42. The Morgan fingerprint density at radius 2 is 1.87 bits per heavy atom. The minimum Gasteiger partial charge on any atom is -0.451 e. The van der Waals surface area contributed by atoms with Crippen molar-refractivity contribution in [3.05, 3.63) is 34.3 Å². The average molecular weight is 386 g/mol. The van der Waals surface area contributed by atoms with Crippen LogP contribution in [-0.2, 0) is 14.3 Å². The van der Waals surface area contributed by atoms with Gasteiger partial charge in [-0.15, -0.1) is 0 Å². The van der Waals surface area contributed by atoms with Crippen molar-refractivity contribution in [2.75, 3.05) is 13.6 Å². The first-order valence-electron chi connectivity index (χ1n) is 6.60. The summed E-state index contributed by atoms with van der Waals surface area (Å²) >= 11 is 3.23. The molecular weight excluding hydrogens is 370 g/mol. The van der Waals surface area contributed by atoms with Gasteiger partial charge in [-0.05, 0) is 35.0 Å². The lowest BCUT2D eigenvalue weighted by atomic mass is 10.2. The summed E-state index contributed by atoms with van der Waals surface area (Å²) in [4.78, 5) is 46.0. The predicted octanol–water partition coefficient (Wildman–Crippen LogP) is 0.566. The zero-order valence-corrected chi connectivity index (χ0v) is 14.1. The van der Waals surface area contributed by atoms with Gasteiger partial charge in [-0.1, -0.05) is 12.1 Å². The van der Waals surface area contributed by atoms with Crippen LogP contribution in [0.3, 0.4) is 0 Å². The molecule has 3 N–H and O–H groups in total. The summed E-state index contributed by atoms with van der Waals surface area (Å²) in [5.74, 6) is -2.03. The first-order valence-corrected chi connectivity index (χ1v) is 7.39. The second-order valence-corrected chi connectivity index (χ2v) is 5.22. The number of urea groups is 1. The summed E-state index contributed by atoms with van der Waals surface area (Å²) < 4.78 is 5.40. The first-order chi connectivity index (χ1) is 10.8. The Balaban J connectivity index is 2.45. The van der Waals surface area contributed by atoms with Crippen molar-refractivity contribution in [2.24, 2.45) is 0 Å². The molecule has 0 spiro atoms. The number of esters is 1. The van der Waals surface area contributed by atoms with Gasteiger partial charge in [-0.2, -0.15) is 0 Å². The van der Waals surface area contributed by atoms with Crippen LogP contribution in [0.4, 0.5) is 4.79 Å². The standard InChI is InChI=1S/C14H16BrN3O5/c1-8(12(20)18-14(22)16-2)23-11(19)7-17-13(21)9-5-3-4-6-10(9)15/h3-6,8H,7H2,1-2H3,(H,17,21)(H2,16,18,20,22)/t8-/m0/s1. The van der Waals surface area contributed by atoms with Gasteiger partial charge >= 0.3 is 12.0 Å². The second kappa shape index (κ2) is 8.89. The van der Waals surface area contributed by atoms with Crippen molar-refractivity contribution < 1.29 is 23.9 Å². The fourth-order valence-corrected chi connectivity index (χ4v) is 1.93. The Morgan fingerprint density at radius 1 is 1.22 bits per heavy atom. The molecule has 23 heavy (non-hydrogen) atoms. The van der Waals surface area contributed by atoms with E-state index in [1.807, 2.05) is 5.32 Å². The van der Waals surface area contributed by atoms with E-state index in [-0.39, 0.29) is 0 Å². The van der Waals surface area contributed by atoms with Crippen LogP contribution in [0.25, 0.3) is 0 Å². The number of nitrogens with one attached hydrogen (secondary N) is 3. The molecule has 124 valence electrons. The molecule has 0 fully saturated rings. The predicted molar refractivity (Wildman–Crippen MR) is 84.6 cm³/mol. The zero-order chi connectivity index (χ0) is 17.4. The summed E-state index contributed by atoms with van der Waals surface area (Å²) in [6.07, 6.45) is -1.17. The van der Waals surface area contributed by atoms with Crippen LogP contribution in [-0.4, -0.2) is 43.5 Å². The number of hydrogen-bond donors (Lipinski definition) is 3. The van der Waals surface area contributed by atoms with Gasteiger partial charge in [0.25, 0.3) is 11.8 Å². The molecule has 1 atom stereocenters. The van der Waals surface area contributed by atoms with E-state index in [0.29, 0.717) is 10.0 Å². The molecule has 0 saturated carbocycles. The van der Waals surface area contributed by atoms with Crippen LogP contribution in [0.5, 0.6) is 0 Å². The van der Waals surface area contributed by atoms with Crippen LogP contribution in [0.1, 0.15) is 17.3 Å². The Morgan fingerprint density at radius 3 is 2.48 bits per heavy atom. The number of hydrogen-bond acceptors (Lipinski definition) is 5. The Labute approximate surface area is 141 Å². The highest BCUT2D eigenvalue weighted by Gasteiger charge is 2.20. The van der Waals surface area contributed by atoms with E-state index in [2.05, 4.69) is 26.6 Å². The number of carbonyl (C=O) groups is 4. The van der Waals surface area contributed by atoms with Crippen LogP contribution in [0.2, 0.25) is 0 Å². The van der Waals surface area contributed by atoms with Gasteiger partial charge in [-0.25, -0.2) is 4.79 Å². The fraction of sp³-hybridized carbons (Fsp3) is 0.286. The summed E-state index contributed by atoms with van der Waals surface area (Å²) in [6.45, 7) is 0.906. The molecule has 1 rings (SSSR count). The molecular formula is C14H16BrN3O5. The summed E-state index contributed by atoms with van der Waals surface area (Å²) in [5, 5.41) is 6.55. The molecule has 0 unspecified atom stereocenters. The van der Waals surface area contributed by atoms with Crippen LogP contribution in [0.15, 0.2) is 28.7 Å². The maximum atomic E-state index is 11.9. The first kappa shape index (κ1) is 18.6. The topological polar surface area (TPSA) is 114 Å². The summed E-state index contributed by atoms with van der Waals surface area (Å²) in [6, 6.07) is 6.01. The molecule has 0 aliphatic carbocycles. The molecule has 0 saturated heterocycles. The Kier molecular flexibility index (Phi) is 7.20. The van der Waals surface area contributed by atoms with Crippen LogP contribution < -0.4 is 16.0 Å². The fourth-order valence-electron chi connectivity index (χ4n) is 1.46. The maximum absolute atomic E-state index is 11.9. The molecule has 8 nitrogen and oxygen atoms in total. The molecule has 0 radical (unpaired) electrons. The average Bonchev–Trinajstić information content (AvgIpc) is 2.52. The van der Waals surface area contributed by atoms with E-state index in [4.69, 9.17) is 4.74 Å². The number of carbonyl (C=O) groups excluding carboxylic acids is 4. The smallest absolute Gasteiger partial charge is 0.326 e. The highest BCUT2D eigenvalue weighted by atomic mass is 79.9. The van der Waals surface area contributed by atoms with Gasteiger partial charge in [0.1, 0.15) is 6.54 Å². The largest absolute Gasteiger partial charge is 0.451 e. The molecule has 0 aliphatic rings.